The minimum absolute atomic E-state index is 0.157. The Balaban J connectivity index is 3.01. The monoisotopic (exact) mass is 196 g/mol. The first-order valence-electron chi connectivity index (χ1n) is 5.14. The van der Waals surface area contributed by atoms with Crippen molar-refractivity contribution in [3.05, 3.63) is 11.3 Å². The van der Waals surface area contributed by atoms with Gasteiger partial charge in [-0.05, 0) is 33.3 Å². The second-order valence-corrected chi connectivity index (χ2v) is 4.36. The van der Waals surface area contributed by atoms with E-state index in [0.717, 1.165) is 24.4 Å². The summed E-state index contributed by atoms with van der Waals surface area (Å²) in [5.74, 6) is 0.157. The molecule has 1 aliphatic rings. The summed E-state index contributed by atoms with van der Waals surface area (Å²) in [7, 11) is 1.86. The van der Waals surface area contributed by atoms with Crippen molar-refractivity contribution in [3.8, 4) is 0 Å². The largest absolute Gasteiger partial charge is 0.363 e. The van der Waals surface area contributed by atoms with E-state index in [-0.39, 0.29) is 5.91 Å². The standard InChI is InChI=1S/C11H20N2O/c1-8(2)10-11(14)12(5)6-7-13(10)9(3)4/h9H,6-7H2,1-5H3. The smallest absolute Gasteiger partial charge is 0.269 e. The SMILES string of the molecule is CC(C)=C1C(=O)N(C)CCN1C(C)C. The third-order valence-electron chi connectivity index (χ3n) is 2.61. The Morgan fingerprint density at radius 1 is 1.29 bits per heavy atom. The molecular formula is C11H20N2O. The molecule has 80 valence electrons. The number of amides is 1. The van der Waals surface area contributed by atoms with Gasteiger partial charge in [0.15, 0.2) is 0 Å². The minimum atomic E-state index is 0.157. The van der Waals surface area contributed by atoms with Crippen molar-refractivity contribution >= 4 is 5.91 Å². The van der Waals surface area contributed by atoms with Gasteiger partial charge in [-0.1, -0.05) is 0 Å². The zero-order valence-corrected chi connectivity index (χ0v) is 9.79. The number of likely N-dealkylation sites (N-methyl/N-ethyl adjacent to an activating group) is 1. The van der Waals surface area contributed by atoms with E-state index in [0.29, 0.717) is 6.04 Å². The van der Waals surface area contributed by atoms with Gasteiger partial charge in [0, 0.05) is 26.2 Å². The highest BCUT2D eigenvalue weighted by Crippen LogP contribution is 2.19. The first-order valence-corrected chi connectivity index (χ1v) is 5.14. The maximum absolute atomic E-state index is 11.9. The molecule has 1 fully saturated rings. The number of carbonyl (C=O) groups is 1. The van der Waals surface area contributed by atoms with Crippen LogP contribution in [0, 0.1) is 0 Å². The Morgan fingerprint density at radius 3 is 2.29 bits per heavy atom. The zero-order valence-electron chi connectivity index (χ0n) is 9.79. The van der Waals surface area contributed by atoms with E-state index in [1.165, 1.54) is 0 Å². The van der Waals surface area contributed by atoms with Gasteiger partial charge in [-0.2, -0.15) is 0 Å². The van der Waals surface area contributed by atoms with Crippen LogP contribution in [-0.2, 0) is 4.79 Å². The van der Waals surface area contributed by atoms with Crippen molar-refractivity contribution in [1.82, 2.24) is 9.80 Å². The molecule has 0 spiro atoms. The molecule has 0 aromatic carbocycles. The van der Waals surface area contributed by atoms with Crippen LogP contribution in [0.1, 0.15) is 27.7 Å². The van der Waals surface area contributed by atoms with Crippen molar-refractivity contribution in [2.75, 3.05) is 20.1 Å². The summed E-state index contributed by atoms with van der Waals surface area (Å²) in [6, 6.07) is 0.401. The topological polar surface area (TPSA) is 23.6 Å². The second kappa shape index (κ2) is 4.03. The van der Waals surface area contributed by atoms with E-state index in [1.54, 1.807) is 4.90 Å². The Bertz CT molecular complexity index is 264. The van der Waals surface area contributed by atoms with Crippen LogP contribution < -0.4 is 0 Å². The summed E-state index contributed by atoms with van der Waals surface area (Å²) in [6.45, 7) is 10.0. The van der Waals surface area contributed by atoms with Crippen LogP contribution in [0.15, 0.2) is 11.3 Å². The molecule has 1 aliphatic heterocycles. The summed E-state index contributed by atoms with van der Waals surface area (Å²) in [6.07, 6.45) is 0. The third kappa shape index (κ3) is 1.91. The van der Waals surface area contributed by atoms with Gasteiger partial charge in [0.05, 0.1) is 0 Å². The van der Waals surface area contributed by atoms with Crippen LogP contribution in [-0.4, -0.2) is 41.9 Å². The highest BCUT2D eigenvalue weighted by Gasteiger charge is 2.28. The van der Waals surface area contributed by atoms with Gasteiger partial charge in [-0.3, -0.25) is 4.79 Å². The van der Waals surface area contributed by atoms with Crippen LogP contribution >= 0.6 is 0 Å². The molecule has 0 aromatic rings. The van der Waals surface area contributed by atoms with E-state index in [9.17, 15) is 4.79 Å². The predicted molar refractivity (Wildman–Crippen MR) is 57.9 cm³/mol. The van der Waals surface area contributed by atoms with Crippen LogP contribution in [0.4, 0.5) is 0 Å². The average molecular weight is 196 g/mol. The molecule has 1 heterocycles. The Hall–Kier alpha value is -0.990. The van der Waals surface area contributed by atoms with Gasteiger partial charge in [0.25, 0.3) is 5.91 Å². The van der Waals surface area contributed by atoms with Gasteiger partial charge < -0.3 is 9.80 Å². The molecule has 0 saturated carbocycles. The van der Waals surface area contributed by atoms with E-state index < -0.39 is 0 Å². The van der Waals surface area contributed by atoms with E-state index >= 15 is 0 Å². The molecule has 0 aromatic heterocycles. The zero-order chi connectivity index (χ0) is 10.9. The van der Waals surface area contributed by atoms with Gasteiger partial charge in [0.2, 0.25) is 0 Å². The lowest BCUT2D eigenvalue weighted by Crippen LogP contribution is -2.49. The van der Waals surface area contributed by atoms with Crippen LogP contribution in [0.25, 0.3) is 0 Å². The Labute approximate surface area is 86.4 Å². The van der Waals surface area contributed by atoms with Gasteiger partial charge >= 0.3 is 0 Å². The molecule has 0 radical (unpaired) electrons. The molecule has 0 atom stereocenters. The summed E-state index contributed by atoms with van der Waals surface area (Å²) < 4.78 is 0. The number of rotatable bonds is 1. The van der Waals surface area contributed by atoms with Crippen molar-refractivity contribution in [1.29, 1.82) is 0 Å². The Kier molecular flexibility index (Phi) is 3.19. The lowest BCUT2D eigenvalue weighted by atomic mass is 10.1. The van der Waals surface area contributed by atoms with Crippen molar-refractivity contribution < 1.29 is 4.79 Å². The number of hydrogen-bond donors (Lipinski definition) is 0. The fourth-order valence-electron chi connectivity index (χ4n) is 1.79. The molecule has 0 unspecified atom stereocenters. The molecule has 0 aliphatic carbocycles. The minimum Gasteiger partial charge on any atom is -0.363 e. The molecule has 1 amide bonds. The molecule has 3 nitrogen and oxygen atoms in total. The second-order valence-electron chi connectivity index (χ2n) is 4.36. The molecule has 0 N–H and O–H groups in total. The molecule has 0 bridgehead atoms. The normalized spacial score (nSPS) is 18.1. The molecule has 1 rings (SSSR count). The average Bonchev–Trinajstić information content (AvgIpc) is 2.08. The van der Waals surface area contributed by atoms with Crippen molar-refractivity contribution in [2.24, 2.45) is 0 Å². The van der Waals surface area contributed by atoms with Crippen molar-refractivity contribution in [2.45, 2.75) is 33.7 Å². The summed E-state index contributed by atoms with van der Waals surface area (Å²) >= 11 is 0. The fraction of sp³-hybridized carbons (Fsp3) is 0.727. The highest BCUT2D eigenvalue weighted by molar-refractivity contribution is 5.94. The fourth-order valence-corrected chi connectivity index (χ4v) is 1.79. The maximum atomic E-state index is 11.9. The van der Waals surface area contributed by atoms with Crippen LogP contribution in [0.3, 0.4) is 0 Å². The van der Waals surface area contributed by atoms with Gasteiger partial charge in [0.1, 0.15) is 5.70 Å². The first kappa shape index (κ1) is 11.1. The molecule has 3 heteroatoms. The van der Waals surface area contributed by atoms with E-state index in [2.05, 4.69) is 18.7 Å². The molecule has 1 saturated heterocycles. The quantitative estimate of drug-likeness (QED) is 0.593. The number of piperazine rings is 1. The summed E-state index contributed by atoms with van der Waals surface area (Å²) in [5.41, 5.74) is 1.99. The molecular weight excluding hydrogens is 176 g/mol. The highest BCUT2D eigenvalue weighted by atomic mass is 16.2. The van der Waals surface area contributed by atoms with Gasteiger partial charge in [-0.15, -0.1) is 0 Å². The predicted octanol–water partition coefficient (Wildman–Crippen LogP) is 1.46. The van der Waals surface area contributed by atoms with Gasteiger partial charge in [-0.25, -0.2) is 0 Å². The number of allylic oxidation sites excluding steroid dienone is 1. The number of nitrogens with zero attached hydrogens (tertiary/aromatic N) is 2. The number of hydrogen-bond acceptors (Lipinski definition) is 2. The number of carbonyl (C=O) groups excluding carboxylic acids is 1. The first-order chi connectivity index (χ1) is 6.45. The van der Waals surface area contributed by atoms with Crippen molar-refractivity contribution in [3.63, 3.8) is 0 Å². The molecule has 14 heavy (non-hydrogen) atoms. The lowest BCUT2D eigenvalue weighted by molar-refractivity contribution is -0.130. The third-order valence-corrected chi connectivity index (χ3v) is 2.61. The van der Waals surface area contributed by atoms with E-state index in [4.69, 9.17) is 0 Å². The maximum Gasteiger partial charge on any atom is 0.269 e. The summed E-state index contributed by atoms with van der Waals surface area (Å²) in [5, 5.41) is 0. The van der Waals surface area contributed by atoms with Crippen LogP contribution in [0.5, 0.6) is 0 Å². The van der Waals surface area contributed by atoms with E-state index in [1.807, 2.05) is 20.9 Å². The van der Waals surface area contributed by atoms with Crippen LogP contribution in [0.2, 0.25) is 0 Å². The summed E-state index contributed by atoms with van der Waals surface area (Å²) in [4.78, 5) is 15.9. The Morgan fingerprint density at radius 2 is 1.86 bits per heavy atom. The lowest BCUT2D eigenvalue weighted by Gasteiger charge is -2.39.